The van der Waals surface area contributed by atoms with Gasteiger partial charge in [-0.05, 0) is 0 Å². The van der Waals surface area contributed by atoms with Crippen LogP contribution in [0.3, 0.4) is 0 Å². The summed E-state index contributed by atoms with van der Waals surface area (Å²) < 4.78 is 3.08. The summed E-state index contributed by atoms with van der Waals surface area (Å²) in [6, 6.07) is 0. The van der Waals surface area contributed by atoms with Crippen LogP contribution in [-0.2, 0) is 0 Å². The standard InChI is InChI=1S/Bi.N3.2H/c;1-3-2;;/q+1;-1;;. The molecule has 3 nitrogen and oxygen atoms in total. The molecular formula is H2BiN3. The molecule has 0 saturated carbocycles. The van der Waals surface area contributed by atoms with E-state index < -0.39 is 0 Å². The van der Waals surface area contributed by atoms with Gasteiger partial charge in [-0.3, -0.25) is 0 Å². The second kappa shape index (κ2) is 3.19. The molecule has 0 aliphatic heterocycles. The van der Waals surface area contributed by atoms with E-state index >= 15 is 0 Å². The third kappa shape index (κ3) is 2.19. The normalized spacial score (nSPS) is 4.25. The van der Waals surface area contributed by atoms with Crippen molar-refractivity contribution in [3.8, 4) is 0 Å². The summed E-state index contributed by atoms with van der Waals surface area (Å²) in [5.41, 5.74) is 7.38. The fourth-order valence-corrected chi connectivity index (χ4v) is 0. The molecule has 0 fully saturated rings. The van der Waals surface area contributed by atoms with Crippen LogP contribution < -0.4 is 0 Å². The minimum absolute atomic E-state index is 0.440. The zero-order valence-corrected chi connectivity index (χ0v) is 6.41. The van der Waals surface area contributed by atoms with Crippen molar-refractivity contribution >= 4 is 25.0 Å². The van der Waals surface area contributed by atoms with Gasteiger partial charge in [0.05, 0.1) is 0 Å². The predicted octanol–water partition coefficient (Wildman–Crippen LogP) is -0.155. The van der Waals surface area contributed by atoms with E-state index in [4.69, 9.17) is 5.53 Å². The van der Waals surface area contributed by atoms with Crippen molar-refractivity contribution < 1.29 is 0 Å². The molecule has 4 heteroatoms. The molecule has 0 aliphatic rings. The van der Waals surface area contributed by atoms with Crippen molar-refractivity contribution in [1.29, 1.82) is 0 Å². The molecule has 0 aromatic heterocycles. The van der Waals surface area contributed by atoms with Gasteiger partial charge >= 0.3 is 38.5 Å². The van der Waals surface area contributed by atoms with Gasteiger partial charge in [-0.15, -0.1) is 0 Å². The number of rotatable bonds is 0. The Morgan fingerprint density at radius 3 is 2.25 bits per heavy atom. The Bertz CT molecular complexity index is 41.2. The van der Waals surface area contributed by atoms with Crippen LogP contribution in [0.5, 0.6) is 0 Å². The molecule has 0 aromatic carbocycles. The van der Waals surface area contributed by atoms with Crippen LogP contribution in [0.4, 0.5) is 0 Å². The maximum atomic E-state index is 7.38. The number of hydrogen-bond acceptors (Lipinski definition) is 1. The maximum absolute atomic E-state index is 7.38. The van der Waals surface area contributed by atoms with E-state index in [-0.39, 0.29) is 0 Å². The van der Waals surface area contributed by atoms with Crippen LogP contribution in [-0.4, -0.2) is 25.0 Å². The van der Waals surface area contributed by atoms with Crippen molar-refractivity contribution in [1.82, 2.24) is 0 Å². The molecular weight excluding hydrogens is 251 g/mol. The van der Waals surface area contributed by atoms with E-state index in [2.05, 4.69) is 7.97 Å². The topological polar surface area (TPSA) is 48.8 Å². The Labute approximate surface area is 38.9 Å². The molecule has 0 saturated heterocycles. The summed E-state index contributed by atoms with van der Waals surface area (Å²) in [4.78, 5) is 2.44. The molecule has 22 valence electrons. The SMILES string of the molecule is [N-]=[N+]=[N][BiH2]. The van der Waals surface area contributed by atoms with E-state index in [1.807, 2.05) is 0 Å². The van der Waals surface area contributed by atoms with Gasteiger partial charge in [0.25, 0.3) is 0 Å². The van der Waals surface area contributed by atoms with E-state index in [0.717, 1.165) is 0 Å². The fourth-order valence-electron chi connectivity index (χ4n) is 0. The van der Waals surface area contributed by atoms with E-state index in [1.54, 1.807) is 0 Å². The second-order valence-corrected chi connectivity index (χ2v) is 1.10. The first-order valence-electron chi connectivity index (χ1n) is 0.658. The first kappa shape index (κ1) is 4.19. The van der Waals surface area contributed by atoms with Gasteiger partial charge in [0.15, 0.2) is 0 Å². The Hall–Kier alpha value is 0.193. The number of hydrogen-bond donors (Lipinski definition) is 0. The average molecular weight is 253 g/mol. The monoisotopic (exact) mass is 253 g/mol. The quantitative estimate of drug-likeness (QED) is 0.249. The van der Waals surface area contributed by atoms with Crippen LogP contribution >= 0.6 is 0 Å². The van der Waals surface area contributed by atoms with Crippen molar-refractivity contribution in [2.45, 2.75) is 0 Å². The molecule has 0 rings (SSSR count). The molecule has 0 radical (unpaired) electrons. The molecule has 0 amide bonds. The van der Waals surface area contributed by atoms with Crippen LogP contribution in [0.1, 0.15) is 0 Å². The molecule has 0 unspecified atom stereocenters. The van der Waals surface area contributed by atoms with Gasteiger partial charge in [0, 0.05) is 0 Å². The van der Waals surface area contributed by atoms with Gasteiger partial charge in [-0.1, -0.05) is 0 Å². The summed E-state index contributed by atoms with van der Waals surface area (Å²) in [7, 11) is 0. The Balaban J connectivity index is 3.11. The van der Waals surface area contributed by atoms with Crippen LogP contribution in [0.15, 0.2) is 3.06 Å². The zero-order valence-electron chi connectivity index (χ0n) is 1.92. The van der Waals surface area contributed by atoms with Crippen molar-refractivity contribution in [2.75, 3.05) is 0 Å². The molecule has 0 N–H and O–H groups in total. The van der Waals surface area contributed by atoms with E-state index in [1.165, 1.54) is 0 Å². The summed E-state index contributed by atoms with van der Waals surface area (Å²) in [6.45, 7) is 0. The molecule has 0 spiro atoms. The van der Waals surface area contributed by atoms with Crippen molar-refractivity contribution in [3.63, 3.8) is 0 Å². The summed E-state index contributed by atoms with van der Waals surface area (Å²) in [5.74, 6) is 0. The Morgan fingerprint density at radius 2 is 2.25 bits per heavy atom. The predicted molar refractivity (Wildman–Crippen MR) is 17.7 cm³/mol. The Morgan fingerprint density at radius 1 is 2.00 bits per heavy atom. The van der Waals surface area contributed by atoms with Crippen molar-refractivity contribution in [3.05, 3.63) is 10.4 Å². The first-order valence-corrected chi connectivity index (χ1v) is 2.67. The summed E-state index contributed by atoms with van der Waals surface area (Å²) in [5, 5.41) is 0. The molecule has 0 aliphatic carbocycles. The fraction of sp³-hybridized carbons (Fsp3) is 0. The third-order valence-electron chi connectivity index (χ3n) is 0.0516. The van der Waals surface area contributed by atoms with Crippen molar-refractivity contribution in [2.24, 2.45) is 3.06 Å². The molecule has 0 atom stereocenters. The van der Waals surface area contributed by atoms with Gasteiger partial charge in [0.2, 0.25) is 0 Å². The average Bonchev–Trinajstić information content (AvgIpc) is 1.37. The molecule has 0 heterocycles. The second-order valence-electron chi connectivity index (χ2n) is 0.205. The number of nitrogens with zero attached hydrogens (tertiary/aromatic N) is 3. The summed E-state index contributed by atoms with van der Waals surface area (Å²) in [6.07, 6.45) is 0. The molecule has 4 heavy (non-hydrogen) atoms. The van der Waals surface area contributed by atoms with Crippen LogP contribution in [0.2, 0.25) is 0 Å². The van der Waals surface area contributed by atoms with Gasteiger partial charge < -0.3 is 0 Å². The Kier molecular flexibility index (Phi) is 3.35. The van der Waals surface area contributed by atoms with E-state index in [9.17, 15) is 0 Å². The first-order chi connectivity index (χ1) is 1.91. The third-order valence-corrected chi connectivity index (χ3v) is 0.453. The van der Waals surface area contributed by atoms with Gasteiger partial charge in [-0.25, -0.2) is 0 Å². The summed E-state index contributed by atoms with van der Waals surface area (Å²) >= 11 is 0.440. The van der Waals surface area contributed by atoms with Gasteiger partial charge in [-0.2, -0.15) is 0 Å². The zero-order chi connectivity index (χ0) is 3.41. The number of azide groups is 1. The van der Waals surface area contributed by atoms with E-state index in [0.29, 0.717) is 25.0 Å². The molecule has 0 aromatic rings. The molecule has 0 bridgehead atoms. The minimum atomic E-state index is 0.440. The van der Waals surface area contributed by atoms with Gasteiger partial charge in [0.1, 0.15) is 0 Å². The van der Waals surface area contributed by atoms with Crippen LogP contribution in [0, 0.1) is 0 Å². The van der Waals surface area contributed by atoms with Crippen LogP contribution in [0.25, 0.3) is 10.4 Å².